The number of carbonyl (C=O) groups excluding carboxylic acids is 1. The van der Waals surface area contributed by atoms with E-state index in [9.17, 15) is 4.79 Å². The summed E-state index contributed by atoms with van der Waals surface area (Å²) in [7, 11) is 0. The molecule has 1 amide bonds. The zero-order valence-corrected chi connectivity index (χ0v) is 14.0. The van der Waals surface area contributed by atoms with Crippen molar-refractivity contribution in [1.82, 2.24) is 5.32 Å². The molecular formula is C16H28N2OS. The van der Waals surface area contributed by atoms with Crippen molar-refractivity contribution in [3.05, 3.63) is 21.9 Å². The number of amides is 1. The van der Waals surface area contributed by atoms with E-state index in [-0.39, 0.29) is 11.3 Å². The molecule has 20 heavy (non-hydrogen) atoms. The molecule has 1 atom stereocenters. The molecule has 0 radical (unpaired) electrons. The molecule has 4 heteroatoms. The lowest BCUT2D eigenvalue weighted by Gasteiger charge is -2.30. The molecular weight excluding hydrogens is 268 g/mol. The van der Waals surface area contributed by atoms with Gasteiger partial charge in [0.05, 0.1) is 6.54 Å². The van der Waals surface area contributed by atoms with E-state index in [0.717, 1.165) is 12.8 Å². The lowest BCUT2D eigenvalue weighted by molar-refractivity contribution is -0.121. The Bertz CT molecular complexity index is 420. The summed E-state index contributed by atoms with van der Waals surface area (Å²) >= 11 is 1.74. The summed E-state index contributed by atoms with van der Waals surface area (Å²) in [6, 6.07) is 4.16. The molecule has 0 aromatic carbocycles. The maximum atomic E-state index is 11.9. The molecule has 3 nitrogen and oxygen atoms in total. The van der Waals surface area contributed by atoms with Gasteiger partial charge in [0.25, 0.3) is 0 Å². The number of carbonyl (C=O) groups is 1. The van der Waals surface area contributed by atoms with E-state index in [2.05, 4.69) is 45.1 Å². The van der Waals surface area contributed by atoms with Crippen LogP contribution in [0.3, 0.4) is 0 Å². The van der Waals surface area contributed by atoms with E-state index in [1.54, 1.807) is 11.3 Å². The summed E-state index contributed by atoms with van der Waals surface area (Å²) in [4.78, 5) is 14.4. The fourth-order valence-electron chi connectivity index (χ4n) is 2.37. The van der Waals surface area contributed by atoms with Gasteiger partial charge in [0.2, 0.25) is 5.91 Å². The highest BCUT2D eigenvalue weighted by Gasteiger charge is 2.24. The first kappa shape index (κ1) is 17.2. The Morgan fingerprint density at radius 2 is 2.05 bits per heavy atom. The Labute approximate surface area is 127 Å². The number of rotatable bonds is 7. The van der Waals surface area contributed by atoms with Crippen molar-refractivity contribution in [2.45, 2.75) is 53.5 Å². The number of thiophene rings is 1. The smallest absolute Gasteiger partial charge is 0.220 e. The molecule has 0 fully saturated rings. The van der Waals surface area contributed by atoms with Crippen LogP contribution < -0.4 is 11.1 Å². The summed E-state index contributed by atoms with van der Waals surface area (Å²) in [6.45, 7) is 10.1. The molecule has 1 rings (SSSR count). The highest BCUT2D eigenvalue weighted by Crippen LogP contribution is 2.32. The summed E-state index contributed by atoms with van der Waals surface area (Å²) < 4.78 is 0. The van der Waals surface area contributed by atoms with Crippen molar-refractivity contribution < 1.29 is 4.79 Å². The van der Waals surface area contributed by atoms with Crippen LogP contribution >= 0.6 is 11.3 Å². The van der Waals surface area contributed by atoms with Crippen molar-refractivity contribution in [2.75, 3.05) is 6.54 Å². The fraction of sp³-hybridized carbons (Fsp3) is 0.688. The molecule has 0 aliphatic carbocycles. The Hall–Kier alpha value is -0.870. The van der Waals surface area contributed by atoms with E-state index in [4.69, 9.17) is 5.73 Å². The third-order valence-electron chi connectivity index (χ3n) is 3.72. The van der Waals surface area contributed by atoms with Crippen LogP contribution in [0.1, 0.15) is 49.8 Å². The Morgan fingerprint density at radius 3 is 2.55 bits per heavy atom. The molecule has 3 N–H and O–H groups in total. The second kappa shape index (κ2) is 7.79. The van der Waals surface area contributed by atoms with Crippen molar-refractivity contribution in [2.24, 2.45) is 17.1 Å². The zero-order valence-electron chi connectivity index (χ0n) is 13.2. The SMILES string of the molecule is Cc1ccc(CNC(=O)CCC(CCN)C(C)(C)C)s1. The minimum Gasteiger partial charge on any atom is -0.351 e. The highest BCUT2D eigenvalue weighted by molar-refractivity contribution is 7.11. The van der Waals surface area contributed by atoms with E-state index < -0.39 is 0 Å². The first-order chi connectivity index (χ1) is 9.32. The van der Waals surface area contributed by atoms with E-state index in [1.165, 1.54) is 9.75 Å². The molecule has 1 unspecified atom stereocenters. The van der Waals surface area contributed by atoms with Gasteiger partial charge in [-0.2, -0.15) is 0 Å². The average molecular weight is 296 g/mol. The minimum absolute atomic E-state index is 0.141. The van der Waals surface area contributed by atoms with Gasteiger partial charge in [-0.25, -0.2) is 0 Å². The monoisotopic (exact) mass is 296 g/mol. The second-order valence-electron chi connectivity index (χ2n) is 6.47. The van der Waals surface area contributed by atoms with Crippen molar-refractivity contribution in [3.8, 4) is 0 Å². The third kappa shape index (κ3) is 6.06. The van der Waals surface area contributed by atoms with Crippen LogP contribution in [0, 0.1) is 18.3 Å². The number of hydrogen-bond acceptors (Lipinski definition) is 3. The lowest BCUT2D eigenvalue weighted by atomic mass is 9.76. The van der Waals surface area contributed by atoms with Gasteiger partial charge < -0.3 is 11.1 Å². The number of nitrogens with two attached hydrogens (primary N) is 1. The van der Waals surface area contributed by atoms with Crippen LogP contribution in [0.2, 0.25) is 0 Å². The van der Waals surface area contributed by atoms with Crippen molar-refractivity contribution in [1.29, 1.82) is 0 Å². The van der Waals surface area contributed by atoms with Gasteiger partial charge in [-0.15, -0.1) is 11.3 Å². The molecule has 1 aromatic rings. The second-order valence-corrected chi connectivity index (χ2v) is 7.84. The molecule has 114 valence electrons. The van der Waals surface area contributed by atoms with Gasteiger partial charge in [-0.1, -0.05) is 20.8 Å². The Kier molecular flexibility index (Phi) is 6.69. The van der Waals surface area contributed by atoms with Crippen molar-refractivity contribution >= 4 is 17.2 Å². The molecule has 1 aromatic heterocycles. The van der Waals surface area contributed by atoms with Gasteiger partial charge in [-0.3, -0.25) is 4.79 Å². The molecule has 0 spiro atoms. The topological polar surface area (TPSA) is 55.1 Å². The predicted octanol–water partition coefficient (Wildman–Crippen LogP) is 3.46. The fourth-order valence-corrected chi connectivity index (χ4v) is 3.20. The number of nitrogens with one attached hydrogen (secondary N) is 1. The Morgan fingerprint density at radius 1 is 1.35 bits per heavy atom. The average Bonchev–Trinajstić information content (AvgIpc) is 2.76. The van der Waals surface area contributed by atoms with Crippen LogP contribution in [0.4, 0.5) is 0 Å². The van der Waals surface area contributed by atoms with E-state index in [0.29, 0.717) is 25.4 Å². The highest BCUT2D eigenvalue weighted by atomic mass is 32.1. The molecule has 0 saturated heterocycles. The summed E-state index contributed by atoms with van der Waals surface area (Å²) in [5.41, 5.74) is 5.88. The Balaban J connectivity index is 2.34. The van der Waals surface area contributed by atoms with E-state index >= 15 is 0 Å². The summed E-state index contributed by atoms with van der Waals surface area (Å²) in [5.74, 6) is 0.643. The third-order valence-corrected chi connectivity index (χ3v) is 4.72. The van der Waals surface area contributed by atoms with Gasteiger partial charge >= 0.3 is 0 Å². The van der Waals surface area contributed by atoms with Crippen LogP contribution in [-0.4, -0.2) is 12.5 Å². The predicted molar refractivity (Wildman–Crippen MR) is 86.8 cm³/mol. The quantitative estimate of drug-likeness (QED) is 0.809. The van der Waals surface area contributed by atoms with Crippen molar-refractivity contribution in [3.63, 3.8) is 0 Å². The first-order valence-electron chi connectivity index (χ1n) is 7.35. The molecule has 1 heterocycles. The number of hydrogen-bond donors (Lipinski definition) is 2. The normalized spacial score (nSPS) is 13.2. The van der Waals surface area contributed by atoms with Crippen LogP contribution in [-0.2, 0) is 11.3 Å². The van der Waals surface area contributed by atoms with Crippen LogP contribution in [0.15, 0.2) is 12.1 Å². The molecule has 0 aliphatic heterocycles. The summed E-state index contributed by atoms with van der Waals surface area (Å²) in [5, 5.41) is 3.00. The zero-order chi connectivity index (χ0) is 15.2. The summed E-state index contributed by atoms with van der Waals surface area (Å²) in [6.07, 6.45) is 2.49. The maximum Gasteiger partial charge on any atom is 0.220 e. The van der Waals surface area contributed by atoms with Crippen LogP contribution in [0.25, 0.3) is 0 Å². The standard InChI is InChI=1S/C16H28N2OS/c1-12-5-7-14(20-12)11-18-15(19)8-6-13(9-10-17)16(2,3)4/h5,7,13H,6,8-11,17H2,1-4H3,(H,18,19). The molecule has 0 saturated carbocycles. The van der Waals surface area contributed by atoms with Gasteiger partial charge in [0.1, 0.15) is 0 Å². The van der Waals surface area contributed by atoms with Gasteiger partial charge in [-0.05, 0) is 49.8 Å². The lowest BCUT2D eigenvalue weighted by Crippen LogP contribution is -2.27. The largest absolute Gasteiger partial charge is 0.351 e. The van der Waals surface area contributed by atoms with Gasteiger partial charge in [0.15, 0.2) is 0 Å². The molecule has 0 aliphatic rings. The van der Waals surface area contributed by atoms with Gasteiger partial charge in [0, 0.05) is 16.2 Å². The molecule has 0 bridgehead atoms. The first-order valence-corrected chi connectivity index (χ1v) is 8.16. The van der Waals surface area contributed by atoms with E-state index in [1.807, 2.05) is 0 Å². The maximum absolute atomic E-state index is 11.9. The minimum atomic E-state index is 0.141. The number of aryl methyl sites for hydroxylation is 1. The van der Waals surface area contributed by atoms with Crippen LogP contribution in [0.5, 0.6) is 0 Å².